The van der Waals surface area contributed by atoms with Gasteiger partial charge < -0.3 is 15.0 Å². The molecule has 0 aromatic heterocycles. The van der Waals surface area contributed by atoms with Gasteiger partial charge in [-0.25, -0.2) is 21.9 Å². The zero-order chi connectivity index (χ0) is 22.8. The van der Waals surface area contributed by atoms with Crippen molar-refractivity contribution in [1.82, 2.24) is 4.72 Å². The third-order valence-corrected chi connectivity index (χ3v) is 8.10. The molecule has 2 atom stereocenters. The molecule has 6 nitrogen and oxygen atoms in total. The Labute approximate surface area is 184 Å². The van der Waals surface area contributed by atoms with Crippen LogP contribution in [0.4, 0.5) is 20.2 Å². The first-order valence-electron chi connectivity index (χ1n) is 11.2. The van der Waals surface area contributed by atoms with Crippen LogP contribution in [-0.4, -0.2) is 51.6 Å². The molecule has 2 aliphatic rings. The zero-order valence-corrected chi connectivity index (χ0v) is 19.6. The minimum Gasteiger partial charge on any atom is -0.382 e. The number of hydrogen-bond acceptors (Lipinski definition) is 5. The summed E-state index contributed by atoms with van der Waals surface area (Å²) in [6.45, 7) is 8.76. The number of nitrogens with zero attached hydrogens (tertiary/aromatic N) is 1. The molecule has 9 heteroatoms. The second-order valence-corrected chi connectivity index (χ2v) is 11.5. The first kappa shape index (κ1) is 24.2. The van der Waals surface area contributed by atoms with Gasteiger partial charge in [0, 0.05) is 25.7 Å². The van der Waals surface area contributed by atoms with Crippen LogP contribution < -0.4 is 14.9 Å². The van der Waals surface area contributed by atoms with E-state index in [9.17, 15) is 17.2 Å². The van der Waals surface area contributed by atoms with Crippen LogP contribution in [-0.2, 0) is 14.8 Å². The minimum atomic E-state index is -3.27. The molecule has 2 N–H and O–H groups in total. The van der Waals surface area contributed by atoms with Gasteiger partial charge in [-0.05, 0) is 71.4 Å². The van der Waals surface area contributed by atoms with E-state index in [-0.39, 0.29) is 29.6 Å². The molecule has 3 rings (SSSR count). The van der Waals surface area contributed by atoms with E-state index in [2.05, 4.69) is 10.0 Å². The molecule has 0 bridgehead atoms. The molecule has 31 heavy (non-hydrogen) atoms. The molecule has 1 aliphatic carbocycles. The maximum atomic E-state index is 14.8. The van der Waals surface area contributed by atoms with E-state index in [1.54, 1.807) is 26.0 Å². The van der Waals surface area contributed by atoms with Gasteiger partial charge in [0.05, 0.1) is 28.8 Å². The van der Waals surface area contributed by atoms with Crippen LogP contribution >= 0.6 is 0 Å². The molecule has 1 aromatic rings. The lowest BCUT2D eigenvalue weighted by molar-refractivity contribution is -0.00542. The van der Waals surface area contributed by atoms with Crippen molar-refractivity contribution in [3.8, 4) is 0 Å². The summed E-state index contributed by atoms with van der Waals surface area (Å²) < 4.78 is 62.0. The van der Waals surface area contributed by atoms with E-state index in [0.29, 0.717) is 25.6 Å². The summed E-state index contributed by atoms with van der Waals surface area (Å²) in [5, 5.41) is 2.61. The number of anilines is 2. The highest BCUT2D eigenvalue weighted by Gasteiger charge is 2.28. The maximum absolute atomic E-state index is 14.8. The Morgan fingerprint density at radius 2 is 1.68 bits per heavy atom. The maximum Gasteiger partial charge on any atom is 0.214 e. The fraction of sp³-hybridized carbons (Fsp3) is 0.727. The summed E-state index contributed by atoms with van der Waals surface area (Å²) in [6.07, 6.45) is 3.10. The Hall–Kier alpha value is -1.45. The number of sulfonamides is 1. The SMILES string of the molecule is CC(C)S(=O)(=O)NC1CCC(CNc2ccc(N3C[C@@H](C)O[C@@H](C)C3)c(F)c2F)CC1. The fourth-order valence-electron chi connectivity index (χ4n) is 4.40. The lowest BCUT2D eigenvalue weighted by Gasteiger charge is -2.37. The Bertz CT molecular complexity index is 848. The number of halogens is 2. The summed E-state index contributed by atoms with van der Waals surface area (Å²) in [5.74, 6) is -1.40. The second kappa shape index (κ2) is 10.0. The molecule has 0 unspecified atom stereocenters. The molecule has 176 valence electrons. The van der Waals surface area contributed by atoms with Crippen molar-refractivity contribution in [2.75, 3.05) is 29.9 Å². The Morgan fingerprint density at radius 1 is 1.06 bits per heavy atom. The van der Waals surface area contributed by atoms with Crippen molar-refractivity contribution < 1.29 is 21.9 Å². The third kappa shape index (κ3) is 6.08. The van der Waals surface area contributed by atoms with Gasteiger partial charge in [-0.1, -0.05) is 0 Å². The van der Waals surface area contributed by atoms with Gasteiger partial charge in [-0.3, -0.25) is 0 Å². The lowest BCUT2D eigenvalue weighted by Crippen LogP contribution is -2.45. The van der Waals surface area contributed by atoms with E-state index >= 15 is 0 Å². The average molecular weight is 460 g/mol. The van der Waals surface area contributed by atoms with E-state index in [1.165, 1.54) is 0 Å². The van der Waals surface area contributed by atoms with E-state index in [1.807, 2.05) is 18.7 Å². The van der Waals surface area contributed by atoms with Gasteiger partial charge in [0.2, 0.25) is 10.0 Å². The van der Waals surface area contributed by atoms with Gasteiger partial charge >= 0.3 is 0 Å². The molecule has 0 radical (unpaired) electrons. The fourth-order valence-corrected chi connectivity index (χ4v) is 5.37. The van der Waals surface area contributed by atoms with E-state index in [4.69, 9.17) is 4.74 Å². The Balaban J connectivity index is 1.54. The number of ether oxygens (including phenoxy) is 1. The van der Waals surface area contributed by atoms with Crippen LogP contribution in [0.2, 0.25) is 0 Å². The molecule has 0 spiro atoms. The van der Waals surface area contributed by atoms with Crippen molar-refractivity contribution in [3.63, 3.8) is 0 Å². The molecule has 2 fully saturated rings. The number of benzene rings is 1. The topological polar surface area (TPSA) is 70.7 Å². The molecule has 1 aliphatic heterocycles. The standard InChI is InChI=1S/C22H35F2N3O3S/c1-14(2)31(28,29)26-18-7-5-17(6-8-18)11-25-19-9-10-20(22(24)21(19)23)27-12-15(3)30-16(4)13-27/h9-10,14-18,25-26H,5-8,11-13H2,1-4H3/t15-,16+,17?,18?. The van der Waals surface area contributed by atoms with Crippen LogP contribution in [0.5, 0.6) is 0 Å². The Morgan fingerprint density at radius 3 is 2.26 bits per heavy atom. The number of nitrogens with one attached hydrogen (secondary N) is 2. The summed E-state index contributed by atoms with van der Waals surface area (Å²) in [4.78, 5) is 1.83. The monoisotopic (exact) mass is 459 g/mol. The van der Waals surface area contributed by atoms with Gasteiger partial charge in [-0.2, -0.15) is 0 Å². The van der Waals surface area contributed by atoms with Crippen molar-refractivity contribution in [1.29, 1.82) is 0 Å². The number of hydrogen-bond donors (Lipinski definition) is 2. The van der Waals surface area contributed by atoms with Gasteiger partial charge in [0.1, 0.15) is 0 Å². The van der Waals surface area contributed by atoms with Crippen LogP contribution in [0.25, 0.3) is 0 Å². The van der Waals surface area contributed by atoms with Crippen LogP contribution in [0.15, 0.2) is 12.1 Å². The average Bonchev–Trinajstić information content (AvgIpc) is 2.69. The van der Waals surface area contributed by atoms with Crippen LogP contribution in [0.3, 0.4) is 0 Å². The van der Waals surface area contributed by atoms with E-state index < -0.39 is 26.9 Å². The van der Waals surface area contributed by atoms with Crippen molar-refractivity contribution in [3.05, 3.63) is 23.8 Å². The van der Waals surface area contributed by atoms with Crippen LogP contribution in [0.1, 0.15) is 53.4 Å². The number of morpholine rings is 1. The highest BCUT2D eigenvalue weighted by Crippen LogP contribution is 2.30. The van der Waals surface area contributed by atoms with Gasteiger partial charge in [0.25, 0.3) is 0 Å². The normalized spacial score (nSPS) is 27.5. The third-order valence-electron chi connectivity index (χ3n) is 6.20. The lowest BCUT2D eigenvalue weighted by atomic mass is 9.86. The molecule has 1 saturated heterocycles. The molecule has 0 amide bonds. The zero-order valence-electron chi connectivity index (χ0n) is 18.8. The first-order valence-corrected chi connectivity index (χ1v) is 12.7. The van der Waals surface area contributed by atoms with Gasteiger partial charge in [-0.15, -0.1) is 0 Å². The summed E-state index contributed by atoms with van der Waals surface area (Å²) in [5.41, 5.74) is 0.432. The predicted octanol–water partition coefficient (Wildman–Crippen LogP) is 3.88. The largest absolute Gasteiger partial charge is 0.382 e. The van der Waals surface area contributed by atoms with Crippen molar-refractivity contribution in [2.24, 2.45) is 5.92 Å². The van der Waals surface area contributed by atoms with Crippen molar-refractivity contribution in [2.45, 2.75) is 76.9 Å². The van der Waals surface area contributed by atoms with E-state index in [0.717, 1.165) is 25.7 Å². The summed E-state index contributed by atoms with van der Waals surface area (Å²) >= 11 is 0. The van der Waals surface area contributed by atoms with Gasteiger partial charge in [0.15, 0.2) is 11.6 Å². The summed E-state index contributed by atoms with van der Waals surface area (Å²) in [7, 11) is -3.27. The summed E-state index contributed by atoms with van der Waals surface area (Å²) in [6, 6.07) is 3.18. The first-order chi connectivity index (χ1) is 14.6. The minimum absolute atomic E-state index is 0.0378. The molecule has 1 heterocycles. The van der Waals surface area contributed by atoms with Crippen molar-refractivity contribution >= 4 is 21.4 Å². The highest BCUT2D eigenvalue weighted by atomic mass is 32.2. The quantitative estimate of drug-likeness (QED) is 0.648. The highest BCUT2D eigenvalue weighted by molar-refractivity contribution is 7.90. The molecular formula is C22H35F2N3O3S. The second-order valence-electron chi connectivity index (χ2n) is 9.23. The molecule has 1 saturated carbocycles. The Kier molecular flexibility index (Phi) is 7.81. The molecular weight excluding hydrogens is 424 g/mol. The van der Waals surface area contributed by atoms with Crippen LogP contribution in [0, 0.1) is 17.6 Å². The predicted molar refractivity (Wildman–Crippen MR) is 120 cm³/mol. The number of rotatable bonds is 7. The smallest absolute Gasteiger partial charge is 0.214 e. The molecule has 1 aromatic carbocycles.